The molecule has 5 nitrogen and oxygen atoms in total. The van der Waals surface area contributed by atoms with Gasteiger partial charge in [0.15, 0.2) is 0 Å². The lowest BCUT2D eigenvalue weighted by atomic mass is 10.1. The largest absolute Gasteiger partial charge is 0.462 e. The number of anilines is 2. The third kappa shape index (κ3) is 3.89. The van der Waals surface area contributed by atoms with Gasteiger partial charge in [-0.15, -0.1) is 0 Å². The molecule has 108 valence electrons. The third-order valence-corrected chi connectivity index (χ3v) is 2.95. The highest BCUT2D eigenvalue weighted by molar-refractivity contribution is 5.97. The zero-order chi connectivity index (χ0) is 15.1. The van der Waals surface area contributed by atoms with Crippen molar-refractivity contribution in [3.05, 3.63) is 23.8 Å². The molecule has 1 atom stereocenters. The number of nitriles is 1. The molecule has 1 unspecified atom stereocenters. The normalized spacial score (nSPS) is 11.5. The molecule has 0 saturated heterocycles. The molecule has 0 fully saturated rings. The van der Waals surface area contributed by atoms with Gasteiger partial charge >= 0.3 is 5.97 Å². The molecule has 0 amide bonds. The van der Waals surface area contributed by atoms with E-state index >= 15 is 0 Å². The molecule has 0 radical (unpaired) electrons. The van der Waals surface area contributed by atoms with E-state index in [9.17, 15) is 4.79 Å². The fourth-order valence-electron chi connectivity index (χ4n) is 1.97. The van der Waals surface area contributed by atoms with Gasteiger partial charge in [0, 0.05) is 18.8 Å². The Morgan fingerprint density at radius 3 is 2.75 bits per heavy atom. The summed E-state index contributed by atoms with van der Waals surface area (Å²) in [7, 11) is 0. The number of nitrogens with two attached hydrogens (primary N) is 1. The van der Waals surface area contributed by atoms with Crippen molar-refractivity contribution in [1.29, 1.82) is 5.26 Å². The molecule has 20 heavy (non-hydrogen) atoms. The van der Waals surface area contributed by atoms with Gasteiger partial charge in [0.25, 0.3) is 0 Å². The summed E-state index contributed by atoms with van der Waals surface area (Å²) < 4.78 is 5.06. The van der Waals surface area contributed by atoms with E-state index in [2.05, 4.69) is 6.07 Å². The van der Waals surface area contributed by atoms with E-state index in [0.717, 1.165) is 5.69 Å². The summed E-state index contributed by atoms with van der Waals surface area (Å²) in [6, 6.07) is 7.37. The van der Waals surface area contributed by atoms with Gasteiger partial charge in [-0.05, 0) is 39.0 Å². The Labute approximate surface area is 119 Å². The average Bonchev–Trinajstić information content (AvgIpc) is 2.45. The summed E-state index contributed by atoms with van der Waals surface area (Å²) in [5, 5.41) is 8.94. The maximum atomic E-state index is 12.0. The number of nitrogen functional groups attached to an aromatic ring is 1. The Morgan fingerprint density at radius 1 is 1.50 bits per heavy atom. The summed E-state index contributed by atoms with van der Waals surface area (Å²) in [6.45, 7) is 7.16. The second-order valence-corrected chi connectivity index (χ2v) is 4.57. The van der Waals surface area contributed by atoms with Crippen LogP contribution in [0.1, 0.15) is 31.1 Å². The molecule has 0 heterocycles. The monoisotopic (exact) mass is 275 g/mol. The van der Waals surface area contributed by atoms with E-state index in [1.807, 2.05) is 18.7 Å². The smallest absolute Gasteiger partial charge is 0.340 e. The molecule has 1 rings (SSSR count). The second-order valence-electron chi connectivity index (χ2n) is 4.57. The maximum absolute atomic E-state index is 12.0. The fraction of sp³-hybridized carbons (Fsp3) is 0.467. The molecule has 0 aromatic heterocycles. The summed E-state index contributed by atoms with van der Waals surface area (Å²) in [5.41, 5.74) is 7.46. The molecule has 0 aliphatic heterocycles. The van der Waals surface area contributed by atoms with Crippen molar-refractivity contribution in [3.8, 4) is 6.07 Å². The number of carbonyl (C=O) groups is 1. The highest BCUT2D eigenvalue weighted by atomic mass is 16.5. The standard InChI is InChI=1S/C15H21N3O2/c1-4-18(10-11(3)9-16)14-7-6-12(17)8-13(14)15(19)20-5-2/h6-8,11H,4-5,10,17H2,1-3H3. The lowest BCUT2D eigenvalue weighted by molar-refractivity contribution is 0.0527. The molecule has 2 N–H and O–H groups in total. The molecular formula is C15H21N3O2. The minimum Gasteiger partial charge on any atom is -0.462 e. The minimum atomic E-state index is -0.391. The predicted molar refractivity (Wildman–Crippen MR) is 79.5 cm³/mol. The molecule has 0 saturated carbocycles. The molecule has 0 aliphatic carbocycles. The summed E-state index contributed by atoms with van der Waals surface area (Å²) >= 11 is 0. The van der Waals surface area contributed by atoms with Crippen LogP contribution in [0.3, 0.4) is 0 Å². The van der Waals surface area contributed by atoms with Crippen LogP contribution in [0.25, 0.3) is 0 Å². The van der Waals surface area contributed by atoms with Crippen LogP contribution in [0, 0.1) is 17.2 Å². The van der Waals surface area contributed by atoms with Gasteiger partial charge in [0.2, 0.25) is 0 Å². The van der Waals surface area contributed by atoms with Gasteiger partial charge < -0.3 is 15.4 Å². The molecule has 0 spiro atoms. The van der Waals surface area contributed by atoms with E-state index in [1.54, 1.807) is 25.1 Å². The van der Waals surface area contributed by atoms with Gasteiger partial charge in [-0.2, -0.15) is 5.26 Å². The van der Waals surface area contributed by atoms with Crippen LogP contribution in [0.4, 0.5) is 11.4 Å². The van der Waals surface area contributed by atoms with Crippen molar-refractivity contribution < 1.29 is 9.53 Å². The number of nitrogens with zero attached hydrogens (tertiary/aromatic N) is 2. The molecule has 5 heteroatoms. The Kier molecular flexibility index (Phi) is 5.85. The molecule has 1 aromatic rings. The van der Waals surface area contributed by atoms with Crippen molar-refractivity contribution in [2.24, 2.45) is 5.92 Å². The number of hydrogen-bond donors (Lipinski definition) is 1. The van der Waals surface area contributed by atoms with Crippen LogP contribution in [-0.4, -0.2) is 25.7 Å². The van der Waals surface area contributed by atoms with Gasteiger partial charge in [-0.3, -0.25) is 0 Å². The van der Waals surface area contributed by atoms with Gasteiger partial charge in [0.05, 0.1) is 29.8 Å². The Hall–Kier alpha value is -2.22. The first kappa shape index (κ1) is 15.8. The first-order valence-electron chi connectivity index (χ1n) is 6.74. The van der Waals surface area contributed by atoms with Crippen molar-refractivity contribution >= 4 is 17.3 Å². The molecule has 0 bridgehead atoms. The van der Waals surface area contributed by atoms with Crippen LogP contribution >= 0.6 is 0 Å². The minimum absolute atomic E-state index is 0.123. The van der Waals surface area contributed by atoms with E-state index in [1.165, 1.54) is 0 Å². The average molecular weight is 275 g/mol. The number of carbonyl (C=O) groups excluding carboxylic acids is 1. The van der Waals surface area contributed by atoms with Crippen molar-refractivity contribution in [3.63, 3.8) is 0 Å². The lowest BCUT2D eigenvalue weighted by Gasteiger charge is -2.26. The van der Waals surface area contributed by atoms with Crippen LogP contribution in [0.15, 0.2) is 18.2 Å². The second kappa shape index (κ2) is 7.39. The van der Waals surface area contributed by atoms with Crippen LogP contribution in [-0.2, 0) is 4.74 Å². The predicted octanol–water partition coefficient (Wildman–Crippen LogP) is 2.43. The topological polar surface area (TPSA) is 79.3 Å². The van der Waals surface area contributed by atoms with E-state index in [4.69, 9.17) is 15.7 Å². The van der Waals surface area contributed by atoms with Crippen LogP contribution < -0.4 is 10.6 Å². The van der Waals surface area contributed by atoms with Crippen molar-refractivity contribution in [1.82, 2.24) is 0 Å². The molecular weight excluding hydrogens is 254 g/mol. The first-order valence-corrected chi connectivity index (χ1v) is 6.74. The van der Waals surface area contributed by atoms with E-state index < -0.39 is 5.97 Å². The Balaban J connectivity index is 3.14. The summed E-state index contributed by atoms with van der Waals surface area (Å²) in [4.78, 5) is 14.0. The number of ether oxygens (including phenoxy) is 1. The highest BCUT2D eigenvalue weighted by Gasteiger charge is 2.18. The number of benzene rings is 1. The quantitative estimate of drug-likeness (QED) is 0.637. The van der Waals surface area contributed by atoms with Crippen molar-refractivity contribution in [2.45, 2.75) is 20.8 Å². The summed E-state index contributed by atoms with van der Waals surface area (Å²) in [6.07, 6.45) is 0. The lowest BCUT2D eigenvalue weighted by Crippen LogP contribution is -2.29. The Bertz CT molecular complexity index is 508. The van der Waals surface area contributed by atoms with Crippen LogP contribution in [0.5, 0.6) is 0 Å². The fourth-order valence-corrected chi connectivity index (χ4v) is 1.97. The highest BCUT2D eigenvalue weighted by Crippen LogP contribution is 2.25. The first-order chi connectivity index (χ1) is 9.53. The SMILES string of the molecule is CCOC(=O)c1cc(N)ccc1N(CC)CC(C)C#N. The van der Waals surface area contributed by atoms with Gasteiger partial charge in [-0.25, -0.2) is 4.79 Å². The Morgan fingerprint density at radius 2 is 2.20 bits per heavy atom. The third-order valence-electron chi connectivity index (χ3n) is 2.95. The number of esters is 1. The number of hydrogen-bond acceptors (Lipinski definition) is 5. The van der Waals surface area contributed by atoms with Gasteiger partial charge in [0.1, 0.15) is 0 Å². The van der Waals surface area contributed by atoms with E-state index in [-0.39, 0.29) is 5.92 Å². The zero-order valence-electron chi connectivity index (χ0n) is 12.2. The molecule has 1 aromatic carbocycles. The number of rotatable bonds is 6. The maximum Gasteiger partial charge on any atom is 0.340 e. The molecule has 0 aliphatic rings. The van der Waals surface area contributed by atoms with Crippen molar-refractivity contribution in [2.75, 3.05) is 30.3 Å². The zero-order valence-corrected chi connectivity index (χ0v) is 12.2. The van der Waals surface area contributed by atoms with Gasteiger partial charge in [-0.1, -0.05) is 0 Å². The van der Waals surface area contributed by atoms with E-state index in [0.29, 0.717) is 30.9 Å². The van der Waals surface area contributed by atoms with Crippen LogP contribution in [0.2, 0.25) is 0 Å². The summed E-state index contributed by atoms with van der Waals surface area (Å²) in [5.74, 6) is -0.514.